The standard InChI is InChI=1S/C31H32O4Si2/c1-5-14-26(15-6-1)32-30(33-27-16-7-2-8-17-27)24-36-22-13-23-37-25-31(34-28-18-9-3-10-19-28)35-29-20-11-4-12-21-29/h1-12,14-21,30-31H,13,22-25H2. The molecule has 37 heavy (non-hydrogen) atoms. The molecular weight excluding hydrogens is 493 g/mol. The van der Waals surface area contributed by atoms with Gasteiger partial charge in [0.1, 0.15) is 23.0 Å². The Morgan fingerprint density at radius 3 is 0.946 bits per heavy atom. The maximum Gasteiger partial charge on any atom is 0.238 e. The first-order valence-corrected chi connectivity index (χ1v) is 15.5. The summed E-state index contributed by atoms with van der Waals surface area (Å²) in [5.41, 5.74) is 0. The van der Waals surface area contributed by atoms with Crippen molar-refractivity contribution >= 4 is 19.0 Å². The monoisotopic (exact) mass is 524 g/mol. The minimum absolute atomic E-state index is 0.298. The van der Waals surface area contributed by atoms with Gasteiger partial charge < -0.3 is 18.9 Å². The summed E-state index contributed by atoms with van der Waals surface area (Å²) in [7, 11) is 1.54. The Bertz CT molecular complexity index is 941. The Morgan fingerprint density at radius 1 is 0.405 bits per heavy atom. The van der Waals surface area contributed by atoms with Crippen LogP contribution in [-0.4, -0.2) is 31.6 Å². The predicted molar refractivity (Wildman–Crippen MR) is 151 cm³/mol. The van der Waals surface area contributed by atoms with Crippen LogP contribution in [0.25, 0.3) is 0 Å². The van der Waals surface area contributed by atoms with Crippen molar-refractivity contribution in [2.75, 3.05) is 0 Å². The van der Waals surface area contributed by atoms with E-state index in [1.54, 1.807) is 0 Å². The van der Waals surface area contributed by atoms with E-state index in [-0.39, 0.29) is 12.6 Å². The van der Waals surface area contributed by atoms with Gasteiger partial charge in [-0.05, 0) is 48.5 Å². The molecule has 0 bridgehead atoms. The second-order valence-corrected chi connectivity index (χ2v) is 11.2. The first-order chi connectivity index (χ1) is 18.3. The highest BCUT2D eigenvalue weighted by Gasteiger charge is 2.14. The van der Waals surface area contributed by atoms with Crippen LogP contribution in [0, 0.1) is 0 Å². The maximum absolute atomic E-state index is 6.14. The number of hydrogen-bond acceptors (Lipinski definition) is 4. The van der Waals surface area contributed by atoms with Crippen LogP contribution in [0.5, 0.6) is 23.0 Å². The fourth-order valence-electron chi connectivity index (χ4n) is 3.60. The summed E-state index contributed by atoms with van der Waals surface area (Å²) in [4.78, 5) is 0. The van der Waals surface area contributed by atoms with E-state index in [9.17, 15) is 0 Å². The molecule has 0 spiro atoms. The van der Waals surface area contributed by atoms with Crippen molar-refractivity contribution in [3.05, 3.63) is 121 Å². The molecule has 0 aliphatic carbocycles. The van der Waals surface area contributed by atoms with E-state index in [1.807, 2.05) is 121 Å². The zero-order chi connectivity index (χ0) is 25.4. The van der Waals surface area contributed by atoms with Gasteiger partial charge in [-0.3, -0.25) is 0 Å². The average molecular weight is 525 g/mol. The summed E-state index contributed by atoms with van der Waals surface area (Å²) >= 11 is 0. The molecule has 188 valence electrons. The van der Waals surface area contributed by atoms with Gasteiger partial charge in [-0.2, -0.15) is 0 Å². The highest BCUT2D eigenvalue weighted by Crippen LogP contribution is 2.20. The fraction of sp³-hybridized carbons (Fsp3) is 0.226. The number of rotatable bonds is 16. The molecule has 0 aromatic heterocycles. The van der Waals surface area contributed by atoms with Crippen LogP contribution in [0.3, 0.4) is 0 Å². The molecule has 4 radical (unpaired) electrons. The number of para-hydroxylation sites is 4. The zero-order valence-corrected chi connectivity index (χ0v) is 22.9. The average Bonchev–Trinajstić information content (AvgIpc) is 2.94. The molecule has 0 amide bonds. The number of ether oxygens (including phenoxy) is 4. The Balaban J connectivity index is 1.20. The summed E-state index contributed by atoms with van der Waals surface area (Å²) in [6, 6.07) is 43.6. The molecule has 0 aliphatic heterocycles. The molecule has 4 nitrogen and oxygen atoms in total. The van der Waals surface area contributed by atoms with Gasteiger partial charge in [0, 0.05) is 31.1 Å². The molecule has 6 heteroatoms. The topological polar surface area (TPSA) is 36.9 Å². The van der Waals surface area contributed by atoms with Crippen LogP contribution in [0.2, 0.25) is 24.2 Å². The molecular formula is C31H32O4Si2. The maximum atomic E-state index is 6.14. The highest BCUT2D eigenvalue weighted by atomic mass is 28.2. The molecule has 0 unspecified atom stereocenters. The van der Waals surface area contributed by atoms with E-state index < -0.39 is 0 Å². The molecule has 0 heterocycles. The van der Waals surface area contributed by atoms with Crippen molar-refractivity contribution in [3.63, 3.8) is 0 Å². The Hall–Kier alpha value is -3.49. The van der Waals surface area contributed by atoms with Crippen LogP contribution in [0.1, 0.15) is 6.42 Å². The Morgan fingerprint density at radius 2 is 0.676 bits per heavy atom. The lowest BCUT2D eigenvalue weighted by Crippen LogP contribution is -2.26. The third kappa shape index (κ3) is 10.2. The quantitative estimate of drug-likeness (QED) is 0.0868. The molecule has 0 saturated heterocycles. The first kappa shape index (κ1) is 26.6. The van der Waals surface area contributed by atoms with Gasteiger partial charge >= 0.3 is 0 Å². The van der Waals surface area contributed by atoms with Crippen molar-refractivity contribution in [1.82, 2.24) is 0 Å². The van der Waals surface area contributed by atoms with E-state index in [2.05, 4.69) is 0 Å². The summed E-state index contributed by atoms with van der Waals surface area (Å²) in [5.74, 6) is 3.32. The van der Waals surface area contributed by atoms with Crippen molar-refractivity contribution in [1.29, 1.82) is 0 Å². The Labute approximate surface area is 225 Å². The molecule has 0 fully saturated rings. The minimum atomic E-state index is -0.298. The number of hydrogen-bond donors (Lipinski definition) is 0. The van der Waals surface area contributed by atoms with Gasteiger partial charge in [0.2, 0.25) is 12.6 Å². The van der Waals surface area contributed by atoms with Gasteiger partial charge in [0.25, 0.3) is 0 Å². The first-order valence-electron chi connectivity index (χ1n) is 12.6. The van der Waals surface area contributed by atoms with Gasteiger partial charge in [0.15, 0.2) is 0 Å². The Kier molecular flexibility index (Phi) is 11.2. The molecule has 0 atom stereocenters. The van der Waals surface area contributed by atoms with Gasteiger partial charge in [-0.25, -0.2) is 0 Å². The molecule has 0 N–H and O–H groups in total. The van der Waals surface area contributed by atoms with E-state index in [0.29, 0.717) is 0 Å². The SMILES string of the molecule is c1ccc(OC(C[Si]CCC[Si]CC(Oc2ccccc2)Oc2ccccc2)Oc2ccccc2)cc1. The lowest BCUT2D eigenvalue weighted by atomic mass is 10.3. The van der Waals surface area contributed by atoms with Crippen LogP contribution in [-0.2, 0) is 0 Å². The summed E-state index contributed by atoms with van der Waals surface area (Å²) in [6.45, 7) is 0. The lowest BCUT2D eigenvalue weighted by molar-refractivity contribution is 0.0220. The lowest BCUT2D eigenvalue weighted by Gasteiger charge is -2.21. The molecule has 4 rings (SSSR count). The van der Waals surface area contributed by atoms with E-state index in [1.165, 1.54) is 6.42 Å². The summed E-state index contributed by atoms with van der Waals surface area (Å²) < 4.78 is 24.6. The van der Waals surface area contributed by atoms with Crippen molar-refractivity contribution in [2.45, 2.75) is 43.2 Å². The van der Waals surface area contributed by atoms with Crippen LogP contribution in [0.4, 0.5) is 0 Å². The second-order valence-electron chi connectivity index (χ2n) is 8.34. The number of benzene rings is 4. The van der Waals surface area contributed by atoms with Crippen molar-refractivity contribution in [3.8, 4) is 23.0 Å². The van der Waals surface area contributed by atoms with E-state index in [4.69, 9.17) is 18.9 Å². The summed E-state index contributed by atoms with van der Waals surface area (Å²) in [5, 5.41) is 0. The third-order valence-corrected chi connectivity index (χ3v) is 8.03. The van der Waals surface area contributed by atoms with E-state index in [0.717, 1.165) is 66.2 Å². The predicted octanol–water partition coefficient (Wildman–Crippen LogP) is 7.43. The normalized spacial score (nSPS) is 10.9. The molecule has 0 aliphatic rings. The highest BCUT2D eigenvalue weighted by molar-refractivity contribution is 6.37. The molecule has 4 aromatic rings. The van der Waals surface area contributed by atoms with Crippen LogP contribution >= 0.6 is 0 Å². The summed E-state index contributed by atoms with van der Waals surface area (Å²) in [6.07, 6.45) is 0.575. The molecule has 4 aromatic carbocycles. The largest absolute Gasteiger partial charge is 0.455 e. The molecule has 0 saturated carbocycles. The van der Waals surface area contributed by atoms with Crippen LogP contribution < -0.4 is 18.9 Å². The smallest absolute Gasteiger partial charge is 0.238 e. The van der Waals surface area contributed by atoms with Gasteiger partial charge in [0.05, 0.1) is 0 Å². The van der Waals surface area contributed by atoms with Crippen molar-refractivity contribution in [2.24, 2.45) is 0 Å². The fourth-order valence-corrected chi connectivity index (χ4v) is 6.02. The third-order valence-electron chi connectivity index (χ3n) is 5.37. The van der Waals surface area contributed by atoms with Crippen LogP contribution in [0.15, 0.2) is 121 Å². The van der Waals surface area contributed by atoms with E-state index >= 15 is 0 Å². The van der Waals surface area contributed by atoms with Gasteiger partial charge in [-0.1, -0.05) is 91.3 Å². The van der Waals surface area contributed by atoms with Crippen molar-refractivity contribution < 1.29 is 18.9 Å². The minimum Gasteiger partial charge on any atom is -0.455 e. The van der Waals surface area contributed by atoms with Gasteiger partial charge in [-0.15, -0.1) is 0 Å². The zero-order valence-electron chi connectivity index (χ0n) is 20.9. The second kappa shape index (κ2) is 15.6.